The zero-order chi connectivity index (χ0) is 20.9. The molecule has 1 atom stereocenters. The summed E-state index contributed by atoms with van der Waals surface area (Å²) in [4.78, 5) is 14.8. The fourth-order valence-electron chi connectivity index (χ4n) is 3.37. The highest BCUT2D eigenvalue weighted by Gasteiger charge is 2.28. The van der Waals surface area contributed by atoms with E-state index in [-0.39, 0.29) is 10.8 Å². The summed E-state index contributed by atoms with van der Waals surface area (Å²) in [5.41, 5.74) is 0.902. The third kappa shape index (κ3) is 5.02. The number of hydrogen-bond donors (Lipinski definition) is 1. The molecule has 1 unspecified atom stereocenters. The number of hydrogen-bond acceptors (Lipinski definition) is 3. The Kier molecular flexibility index (Phi) is 6.67. The predicted molar refractivity (Wildman–Crippen MR) is 116 cm³/mol. The van der Waals surface area contributed by atoms with Crippen LogP contribution in [0.5, 0.6) is 0 Å². The Hall–Kier alpha value is -2.70. The molecule has 0 heterocycles. The molecule has 0 aromatic heterocycles. The first-order valence-electron chi connectivity index (χ1n) is 9.78. The van der Waals surface area contributed by atoms with Gasteiger partial charge in [-0.25, -0.2) is 8.42 Å². The maximum Gasteiger partial charge on any atom is 0.241 e. The number of rotatable bonds is 8. The lowest BCUT2D eigenvalue weighted by molar-refractivity contribution is -0.132. The van der Waals surface area contributed by atoms with Crippen LogP contribution in [0.25, 0.3) is 10.8 Å². The van der Waals surface area contributed by atoms with Crippen molar-refractivity contribution in [3.63, 3.8) is 0 Å². The molecule has 152 valence electrons. The summed E-state index contributed by atoms with van der Waals surface area (Å²) in [7, 11) is -3.86. The molecule has 0 aliphatic rings. The molecule has 0 radical (unpaired) electrons. The first-order valence-corrected chi connectivity index (χ1v) is 11.3. The number of carbonyl (C=O) groups is 1. The number of amides is 1. The largest absolute Gasteiger partial charge is 0.342 e. The first-order chi connectivity index (χ1) is 13.9. The minimum Gasteiger partial charge on any atom is -0.342 e. The van der Waals surface area contributed by atoms with Gasteiger partial charge < -0.3 is 4.90 Å². The van der Waals surface area contributed by atoms with E-state index in [4.69, 9.17) is 0 Å². The summed E-state index contributed by atoms with van der Waals surface area (Å²) in [5.74, 6) is -0.219. The number of benzene rings is 3. The second kappa shape index (κ2) is 9.20. The van der Waals surface area contributed by atoms with Gasteiger partial charge in [-0.15, -0.1) is 0 Å². The summed E-state index contributed by atoms with van der Waals surface area (Å²) in [6, 6.07) is 21.2. The van der Waals surface area contributed by atoms with E-state index in [9.17, 15) is 13.2 Å². The predicted octanol–water partition coefficient (Wildman–Crippen LogP) is 3.60. The smallest absolute Gasteiger partial charge is 0.241 e. The van der Waals surface area contributed by atoms with Gasteiger partial charge in [-0.1, -0.05) is 60.7 Å². The van der Waals surface area contributed by atoms with Gasteiger partial charge in [-0.2, -0.15) is 4.72 Å². The van der Waals surface area contributed by atoms with Crippen LogP contribution in [0.1, 0.15) is 19.4 Å². The average molecular weight is 411 g/mol. The number of nitrogens with one attached hydrogen (secondary N) is 1. The van der Waals surface area contributed by atoms with Crippen molar-refractivity contribution in [1.82, 2.24) is 9.62 Å². The second-order valence-electron chi connectivity index (χ2n) is 6.88. The number of nitrogens with zero attached hydrogens (tertiary/aromatic N) is 1. The third-order valence-electron chi connectivity index (χ3n) is 4.98. The lowest BCUT2D eigenvalue weighted by Crippen LogP contribution is -2.49. The molecule has 6 heteroatoms. The molecule has 1 amide bonds. The zero-order valence-electron chi connectivity index (χ0n) is 16.7. The molecule has 0 aliphatic carbocycles. The zero-order valence-corrected chi connectivity index (χ0v) is 17.5. The maximum atomic E-state index is 13.1. The van der Waals surface area contributed by atoms with Gasteiger partial charge in [0.25, 0.3) is 0 Å². The summed E-state index contributed by atoms with van der Waals surface area (Å²) >= 11 is 0. The summed E-state index contributed by atoms with van der Waals surface area (Å²) in [5, 5.41) is 1.80. The molecule has 1 N–H and O–H groups in total. The van der Waals surface area contributed by atoms with Crippen molar-refractivity contribution in [2.75, 3.05) is 13.1 Å². The Bertz CT molecular complexity index is 1080. The summed E-state index contributed by atoms with van der Waals surface area (Å²) in [6.45, 7) is 4.83. The van der Waals surface area contributed by atoms with Gasteiger partial charge in [0.15, 0.2) is 0 Å². The first kappa shape index (κ1) is 21.0. The van der Waals surface area contributed by atoms with E-state index < -0.39 is 16.1 Å². The lowest BCUT2D eigenvalue weighted by atomic mass is 10.1. The Morgan fingerprint density at radius 1 is 0.897 bits per heavy atom. The van der Waals surface area contributed by atoms with Crippen LogP contribution in [0, 0.1) is 0 Å². The van der Waals surface area contributed by atoms with E-state index >= 15 is 0 Å². The fourth-order valence-corrected chi connectivity index (χ4v) is 4.60. The fraction of sp³-hybridized carbons (Fsp3) is 0.261. The van der Waals surface area contributed by atoms with Gasteiger partial charge in [-0.3, -0.25) is 4.79 Å². The van der Waals surface area contributed by atoms with Crippen molar-refractivity contribution in [3.8, 4) is 0 Å². The molecule has 0 spiro atoms. The quantitative estimate of drug-likeness (QED) is 0.617. The van der Waals surface area contributed by atoms with Crippen molar-refractivity contribution < 1.29 is 13.2 Å². The van der Waals surface area contributed by atoms with Gasteiger partial charge in [-0.05, 0) is 48.7 Å². The van der Waals surface area contributed by atoms with E-state index in [1.807, 2.05) is 68.4 Å². The topological polar surface area (TPSA) is 66.5 Å². The van der Waals surface area contributed by atoms with Gasteiger partial charge >= 0.3 is 0 Å². The van der Waals surface area contributed by atoms with Crippen LogP contribution in [0.4, 0.5) is 0 Å². The highest BCUT2D eigenvalue weighted by atomic mass is 32.2. The summed E-state index contributed by atoms with van der Waals surface area (Å²) < 4.78 is 28.8. The summed E-state index contributed by atoms with van der Waals surface area (Å²) in [6.07, 6.45) is 0.295. The Labute approximate surface area is 172 Å². The number of sulfonamides is 1. The average Bonchev–Trinajstić information content (AvgIpc) is 2.74. The van der Waals surface area contributed by atoms with Crippen molar-refractivity contribution in [1.29, 1.82) is 0 Å². The standard InChI is InChI=1S/C23H26N2O3S/c1-3-25(4-2)23(26)22(16-18-10-6-5-7-11-18)24-29(27,28)21-15-14-19-12-8-9-13-20(19)17-21/h5-15,17,22,24H,3-4,16H2,1-2H3. The molecule has 29 heavy (non-hydrogen) atoms. The molecular weight excluding hydrogens is 384 g/mol. The van der Waals surface area contributed by atoms with Crippen LogP contribution in [-0.4, -0.2) is 38.4 Å². The van der Waals surface area contributed by atoms with Crippen LogP contribution in [0.15, 0.2) is 77.7 Å². The monoisotopic (exact) mass is 410 g/mol. The second-order valence-corrected chi connectivity index (χ2v) is 8.60. The van der Waals surface area contributed by atoms with Crippen molar-refractivity contribution >= 4 is 26.7 Å². The van der Waals surface area contributed by atoms with Crippen LogP contribution >= 0.6 is 0 Å². The molecule has 0 fully saturated rings. The van der Waals surface area contributed by atoms with Gasteiger partial charge in [0.1, 0.15) is 6.04 Å². The van der Waals surface area contributed by atoms with E-state index in [0.29, 0.717) is 19.5 Å². The van der Waals surface area contributed by atoms with Crippen molar-refractivity contribution in [2.24, 2.45) is 0 Å². The van der Waals surface area contributed by atoms with Crippen LogP contribution in [0.2, 0.25) is 0 Å². The Morgan fingerprint density at radius 3 is 2.17 bits per heavy atom. The van der Waals surface area contributed by atoms with E-state index in [2.05, 4.69) is 4.72 Å². The maximum absolute atomic E-state index is 13.1. The van der Waals surface area contributed by atoms with Gasteiger partial charge in [0.05, 0.1) is 4.90 Å². The number of fused-ring (bicyclic) bond motifs is 1. The molecule has 0 aliphatic heterocycles. The molecule has 3 aromatic rings. The minimum atomic E-state index is -3.86. The normalized spacial score (nSPS) is 12.6. The highest BCUT2D eigenvalue weighted by molar-refractivity contribution is 7.89. The molecule has 0 saturated carbocycles. The minimum absolute atomic E-state index is 0.154. The van der Waals surface area contributed by atoms with Crippen molar-refractivity contribution in [3.05, 3.63) is 78.4 Å². The van der Waals surface area contributed by atoms with Gasteiger partial charge in [0, 0.05) is 13.1 Å². The molecule has 0 saturated heterocycles. The third-order valence-corrected chi connectivity index (χ3v) is 6.45. The Balaban J connectivity index is 1.92. The molecular formula is C23H26N2O3S. The Morgan fingerprint density at radius 2 is 1.52 bits per heavy atom. The molecule has 3 aromatic carbocycles. The van der Waals surface area contributed by atoms with Gasteiger partial charge in [0.2, 0.25) is 15.9 Å². The molecule has 3 rings (SSSR count). The van der Waals surface area contributed by atoms with E-state index in [0.717, 1.165) is 16.3 Å². The lowest BCUT2D eigenvalue weighted by Gasteiger charge is -2.26. The highest BCUT2D eigenvalue weighted by Crippen LogP contribution is 2.20. The SMILES string of the molecule is CCN(CC)C(=O)C(Cc1ccccc1)NS(=O)(=O)c1ccc2ccccc2c1. The van der Waals surface area contributed by atoms with Crippen LogP contribution in [-0.2, 0) is 21.2 Å². The molecule has 5 nitrogen and oxygen atoms in total. The number of likely N-dealkylation sites (N-methyl/N-ethyl adjacent to an activating group) is 1. The molecule has 0 bridgehead atoms. The van der Waals surface area contributed by atoms with E-state index in [1.54, 1.807) is 23.1 Å². The van der Waals surface area contributed by atoms with Crippen LogP contribution < -0.4 is 4.72 Å². The van der Waals surface area contributed by atoms with E-state index in [1.165, 1.54) is 0 Å². The van der Waals surface area contributed by atoms with Crippen molar-refractivity contribution in [2.45, 2.75) is 31.2 Å². The van der Waals surface area contributed by atoms with Crippen LogP contribution in [0.3, 0.4) is 0 Å². The number of carbonyl (C=O) groups excluding carboxylic acids is 1.